The zero-order chi connectivity index (χ0) is 12.0. The second kappa shape index (κ2) is 5.95. The monoisotopic (exact) mass is 224 g/mol. The first-order valence-electron chi connectivity index (χ1n) is 5.28. The number of esters is 1. The number of hydrogen-bond acceptors (Lipinski definition) is 3. The highest BCUT2D eigenvalue weighted by molar-refractivity contribution is 5.94. The molecule has 0 unspecified atom stereocenters. The van der Waals surface area contributed by atoms with Gasteiger partial charge >= 0.3 is 5.97 Å². The Labute approximate surface area is 94.4 Å². The topological polar surface area (TPSA) is 60.3 Å². The van der Waals surface area contributed by atoms with E-state index in [1.807, 2.05) is 13.1 Å². The Hall–Kier alpha value is -1.78. The lowest BCUT2D eigenvalue weighted by Gasteiger charge is -2.07. The van der Waals surface area contributed by atoms with E-state index in [0.29, 0.717) is 12.3 Å². The Morgan fingerprint density at radius 2 is 2.19 bits per heavy atom. The molecule has 0 aliphatic rings. The summed E-state index contributed by atoms with van der Waals surface area (Å²) in [6, 6.07) is 3.51. The van der Waals surface area contributed by atoms with E-state index >= 15 is 0 Å². The van der Waals surface area contributed by atoms with Crippen molar-refractivity contribution in [3.8, 4) is 0 Å². The molecule has 1 heterocycles. The van der Waals surface area contributed by atoms with Crippen LogP contribution >= 0.6 is 0 Å². The van der Waals surface area contributed by atoms with Crippen molar-refractivity contribution in [2.24, 2.45) is 0 Å². The number of aromatic nitrogens is 1. The summed E-state index contributed by atoms with van der Waals surface area (Å²) in [5, 5.41) is 2.51. The average Bonchev–Trinajstić information content (AvgIpc) is 2.74. The molecular formula is C11H16N2O3. The quantitative estimate of drug-likeness (QED) is 0.752. The van der Waals surface area contributed by atoms with Crippen molar-refractivity contribution in [1.82, 2.24) is 9.88 Å². The molecule has 0 bridgehead atoms. The molecule has 1 aromatic heterocycles. The van der Waals surface area contributed by atoms with E-state index in [1.165, 1.54) is 0 Å². The molecule has 0 fully saturated rings. The Morgan fingerprint density at radius 3 is 2.81 bits per heavy atom. The normalized spacial score (nSPS) is 9.88. The molecule has 16 heavy (non-hydrogen) atoms. The summed E-state index contributed by atoms with van der Waals surface area (Å²) >= 11 is 0. The molecule has 1 N–H and O–H groups in total. The van der Waals surface area contributed by atoms with Gasteiger partial charge in [-0.15, -0.1) is 0 Å². The van der Waals surface area contributed by atoms with Crippen LogP contribution in [0.25, 0.3) is 0 Å². The number of hydrogen-bond donors (Lipinski definition) is 1. The lowest BCUT2D eigenvalue weighted by atomic mass is 10.4. The molecule has 0 aliphatic carbocycles. The summed E-state index contributed by atoms with van der Waals surface area (Å²) < 4.78 is 6.51. The average molecular weight is 224 g/mol. The van der Waals surface area contributed by atoms with Gasteiger partial charge in [0.15, 0.2) is 0 Å². The highest BCUT2D eigenvalue weighted by Gasteiger charge is 2.11. The molecule has 5 heteroatoms. The number of carbonyl (C=O) groups is 2. The van der Waals surface area contributed by atoms with Crippen LogP contribution in [-0.2, 0) is 16.1 Å². The first-order valence-corrected chi connectivity index (χ1v) is 5.28. The summed E-state index contributed by atoms with van der Waals surface area (Å²) in [5.74, 6) is -0.689. The number of rotatable bonds is 5. The fourth-order valence-electron chi connectivity index (χ4n) is 1.35. The van der Waals surface area contributed by atoms with E-state index < -0.39 is 5.97 Å². The second-order valence-electron chi connectivity index (χ2n) is 3.17. The molecule has 0 atom stereocenters. The molecule has 0 aliphatic heterocycles. The first kappa shape index (κ1) is 12.3. The number of aryl methyl sites for hydroxylation is 1. The van der Waals surface area contributed by atoms with Crippen molar-refractivity contribution in [2.75, 3.05) is 13.2 Å². The van der Waals surface area contributed by atoms with Crippen molar-refractivity contribution in [3.05, 3.63) is 24.0 Å². The Morgan fingerprint density at radius 1 is 1.44 bits per heavy atom. The molecule has 0 spiro atoms. The summed E-state index contributed by atoms with van der Waals surface area (Å²) in [6.45, 7) is 4.61. The Balaban J connectivity index is 2.50. The number of amides is 1. The van der Waals surface area contributed by atoms with Crippen molar-refractivity contribution in [2.45, 2.75) is 20.4 Å². The summed E-state index contributed by atoms with van der Waals surface area (Å²) in [4.78, 5) is 22.7. The molecule has 5 nitrogen and oxygen atoms in total. The predicted molar refractivity (Wildman–Crippen MR) is 59.1 cm³/mol. The van der Waals surface area contributed by atoms with Crippen LogP contribution in [0.3, 0.4) is 0 Å². The molecule has 1 rings (SSSR count). The minimum atomic E-state index is -0.426. The van der Waals surface area contributed by atoms with Crippen LogP contribution in [-0.4, -0.2) is 29.6 Å². The maximum Gasteiger partial charge on any atom is 0.325 e. The lowest BCUT2D eigenvalue weighted by molar-refractivity contribution is -0.141. The minimum Gasteiger partial charge on any atom is -0.465 e. The fourth-order valence-corrected chi connectivity index (χ4v) is 1.35. The molecular weight excluding hydrogens is 208 g/mol. The highest BCUT2D eigenvalue weighted by atomic mass is 16.5. The fraction of sp³-hybridized carbons (Fsp3) is 0.455. The lowest BCUT2D eigenvalue weighted by Crippen LogP contribution is -2.31. The van der Waals surface area contributed by atoms with Gasteiger partial charge in [-0.1, -0.05) is 0 Å². The SMILES string of the molecule is CCOC(=O)CNC(=O)c1cccn1CC. The zero-order valence-electron chi connectivity index (χ0n) is 9.53. The van der Waals surface area contributed by atoms with Gasteiger partial charge in [-0.2, -0.15) is 0 Å². The van der Waals surface area contributed by atoms with Gasteiger partial charge in [-0.3, -0.25) is 9.59 Å². The van der Waals surface area contributed by atoms with Crippen molar-refractivity contribution in [1.29, 1.82) is 0 Å². The van der Waals surface area contributed by atoms with Crippen LogP contribution in [0.15, 0.2) is 18.3 Å². The summed E-state index contributed by atoms with van der Waals surface area (Å²) in [5.41, 5.74) is 0.548. The largest absolute Gasteiger partial charge is 0.465 e. The standard InChI is InChI=1S/C11H16N2O3/c1-3-13-7-5-6-9(13)11(15)12-8-10(14)16-4-2/h5-7H,3-4,8H2,1-2H3,(H,12,15). The third kappa shape index (κ3) is 3.12. The van der Waals surface area contributed by atoms with E-state index in [2.05, 4.69) is 5.32 Å². The van der Waals surface area contributed by atoms with Gasteiger partial charge < -0.3 is 14.6 Å². The summed E-state index contributed by atoms with van der Waals surface area (Å²) in [6.07, 6.45) is 1.82. The third-order valence-electron chi connectivity index (χ3n) is 2.10. The molecule has 0 radical (unpaired) electrons. The van der Waals surface area contributed by atoms with Gasteiger partial charge in [0.1, 0.15) is 12.2 Å². The van der Waals surface area contributed by atoms with Gasteiger partial charge in [0.05, 0.1) is 6.61 Å². The zero-order valence-corrected chi connectivity index (χ0v) is 9.53. The maximum absolute atomic E-state index is 11.7. The molecule has 0 saturated heterocycles. The van der Waals surface area contributed by atoms with Crippen LogP contribution in [0.4, 0.5) is 0 Å². The second-order valence-corrected chi connectivity index (χ2v) is 3.17. The highest BCUT2D eigenvalue weighted by Crippen LogP contribution is 2.01. The van der Waals surface area contributed by atoms with Crippen molar-refractivity contribution in [3.63, 3.8) is 0 Å². The molecule has 88 valence electrons. The van der Waals surface area contributed by atoms with E-state index in [9.17, 15) is 9.59 Å². The first-order chi connectivity index (χ1) is 7.69. The van der Waals surface area contributed by atoms with Gasteiger partial charge in [0.25, 0.3) is 5.91 Å². The van der Waals surface area contributed by atoms with Crippen LogP contribution in [0.2, 0.25) is 0 Å². The number of carbonyl (C=O) groups excluding carboxylic acids is 2. The van der Waals surface area contributed by atoms with Crippen LogP contribution in [0, 0.1) is 0 Å². The van der Waals surface area contributed by atoms with Crippen molar-refractivity contribution >= 4 is 11.9 Å². The maximum atomic E-state index is 11.7. The van der Waals surface area contributed by atoms with Gasteiger partial charge in [-0.25, -0.2) is 0 Å². The number of nitrogens with one attached hydrogen (secondary N) is 1. The van der Waals surface area contributed by atoms with E-state index in [1.54, 1.807) is 23.6 Å². The van der Waals surface area contributed by atoms with E-state index in [4.69, 9.17) is 4.74 Å². The molecule has 0 aromatic carbocycles. The summed E-state index contributed by atoms with van der Waals surface area (Å²) in [7, 11) is 0. The van der Waals surface area contributed by atoms with Gasteiger partial charge in [-0.05, 0) is 26.0 Å². The smallest absolute Gasteiger partial charge is 0.325 e. The Bertz CT molecular complexity index is 371. The van der Waals surface area contributed by atoms with Crippen LogP contribution < -0.4 is 5.32 Å². The van der Waals surface area contributed by atoms with Gasteiger partial charge in [0, 0.05) is 12.7 Å². The van der Waals surface area contributed by atoms with Crippen LogP contribution in [0.5, 0.6) is 0 Å². The number of nitrogens with zero attached hydrogens (tertiary/aromatic N) is 1. The van der Waals surface area contributed by atoms with Gasteiger partial charge in [0.2, 0.25) is 0 Å². The van der Waals surface area contributed by atoms with E-state index in [0.717, 1.165) is 6.54 Å². The number of ether oxygens (including phenoxy) is 1. The molecule has 1 amide bonds. The molecule has 1 aromatic rings. The van der Waals surface area contributed by atoms with E-state index in [-0.39, 0.29) is 12.5 Å². The minimum absolute atomic E-state index is 0.0957. The van der Waals surface area contributed by atoms with Crippen LogP contribution in [0.1, 0.15) is 24.3 Å². The Kier molecular flexibility index (Phi) is 4.57. The molecule has 0 saturated carbocycles. The third-order valence-corrected chi connectivity index (χ3v) is 2.10. The predicted octanol–water partition coefficient (Wildman–Crippen LogP) is 0.801. The van der Waals surface area contributed by atoms with Crippen molar-refractivity contribution < 1.29 is 14.3 Å².